The molecule has 306 valence electrons. The van der Waals surface area contributed by atoms with Crippen LogP contribution >= 0.6 is 0 Å². The number of hydrogen-bond donors (Lipinski definition) is 4. The van der Waals surface area contributed by atoms with Gasteiger partial charge in [-0.3, -0.25) is 9.59 Å². The fourth-order valence-corrected chi connectivity index (χ4v) is 7.91. The van der Waals surface area contributed by atoms with Crippen molar-refractivity contribution in [3.05, 3.63) is 119 Å². The molecule has 2 aliphatic rings. The van der Waals surface area contributed by atoms with Crippen LogP contribution in [0.1, 0.15) is 83.9 Å². The van der Waals surface area contributed by atoms with Gasteiger partial charge in [-0.1, -0.05) is 60.7 Å². The van der Waals surface area contributed by atoms with Crippen molar-refractivity contribution in [3.63, 3.8) is 0 Å². The predicted molar refractivity (Wildman–Crippen MR) is 215 cm³/mol. The summed E-state index contributed by atoms with van der Waals surface area (Å²) in [6, 6.07) is 20.4. The Balaban J connectivity index is 0.967. The fourth-order valence-electron chi connectivity index (χ4n) is 7.91. The highest BCUT2D eigenvalue weighted by molar-refractivity contribution is 5.86. The van der Waals surface area contributed by atoms with E-state index < -0.39 is 24.4 Å². The van der Waals surface area contributed by atoms with E-state index in [4.69, 9.17) is 20.9 Å². The topological polar surface area (TPSA) is 254 Å². The van der Waals surface area contributed by atoms with Crippen LogP contribution in [-0.2, 0) is 19.1 Å². The zero-order valence-corrected chi connectivity index (χ0v) is 32.8. The number of primary amides is 2. The van der Waals surface area contributed by atoms with Crippen molar-refractivity contribution in [1.29, 1.82) is 0 Å². The summed E-state index contributed by atoms with van der Waals surface area (Å²) in [5, 5.41) is 18.0. The minimum atomic E-state index is -1.18. The molecule has 0 aliphatic carbocycles. The molecule has 2 fully saturated rings. The Morgan fingerprint density at radius 3 is 1.57 bits per heavy atom. The van der Waals surface area contributed by atoms with E-state index in [9.17, 15) is 19.2 Å². The third-order valence-electron chi connectivity index (χ3n) is 11.0. The number of imidazole rings is 2. The Morgan fingerprint density at radius 2 is 1.07 bits per heavy atom. The summed E-state index contributed by atoms with van der Waals surface area (Å²) in [6.07, 6.45) is 1.70. The van der Waals surface area contributed by atoms with Crippen LogP contribution < -0.4 is 11.5 Å². The number of carbonyl (C=O) groups excluding carboxylic acids is 4. The highest BCUT2D eigenvalue weighted by Crippen LogP contribution is 2.37. The smallest absolute Gasteiger partial charge is 0.405 e. The summed E-state index contributed by atoms with van der Waals surface area (Å²) < 4.78 is 10.6. The molecule has 2 unspecified atom stereocenters. The first-order valence-corrected chi connectivity index (χ1v) is 19.5. The van der Waals surface area contributed by atoms with Crippen molar-refractivity contribution in [2.45, 2.75) is 63.8 Å². The largest absolute Gasteiger partial charge is 0.431 e. The highest BCUT2D eigenvalue weighted by Gasteiger charge is 2.39. The van der Waals surface area contributed by atoms with Crippen LogP contribution in [0.25, 0.3) is 34.2 Å². The van der Waals surface area contributed by atoms with E-state index >= 15 is 0 Å². The molecule has 60 heavy (non-hydrogen) atoms. The van der Waals surface area contributed by atoms with Gasteiger partial charge in [0.05, 0.1) is 35.9 Å². The van der Waals surface area contributed by atoms with Crippen molar-refractivity contribution in [2.24, 2.45) is 11.5 Å². The Kier molecular flexibility index (Phi) is 11.0. The monoisotopic (exact) mass is 810 g/mol. The van der Waals surface area contributed by atoms with E-state index in [2.05, 4.69) is 40.3 Å². The molecule has 0 saturated carbocycles. The molecule has 0 bridgehead atoms. The van der Waals surface area contributed by atoms with Gasteiger partial charge in [-0.25, -0.2) is 19.6 Å². The lowest BCUT2D eigenvalue weighted by Crippen LogP contribution is -2.37. The van der Waals surface area contributed by atoms with Crippen molar-refractivity contribution in [2.75, 3.05) is 13.1 Å². The number of rotatable bonds is 11. The van der Waals surface area contributed by atoms with E-state index in [0.717, 1.165) is 24.0 Å². The van der Waals surface area contributed by atoms with Gasteiger partial charge < -0.3 is 40.7 Å². The van der Waals surface area contributed by atoms with Crippen LogP contribution in [0.2, 0.25) is 0 Å². The predicted octanol–water partition coefficient (Wildman–Crippen LogP) is 5.33. The highest BCUT2D eigenvalue weighted by atomic mass is 16.6. The molecule has 2 saturated heterocycles. The van der Waals surface area contributed by atoms with Crippen molar-refractivity contribution in [3.8, 4) is 34.2 Å². The third kappa shape index (κ3) is 7.86. The molecular formula is C42H42N12O6. The molecule has 2 aromatic carbocycles. The van der Waals surface area contributed by atoms with Crippen molar-refractivity contribution < 1.29 is 28.7 Å². The van der Waals surface area contributed by atoms with Gasteiger partial charge in [-0.15, -0.1) is 20.4 Å². The van der Waals surface area contributed by atoms with E-state index in [-0.39, 0.29) is 23.9 Å². The minimum Gasteiger partial charge on any atom is -0.431 e. The average Bonchev–Trinajstić information content (AvgIpc) is 4.10. The molecule has 18 nitrogen and oxygen atoms in total. The minimum absolute atomic E-state index is 0.374. The number of nitrogens with two attached hydrogens (primary N) is 2. The van der Waals surface area contributed by atoms with Crippen molar-refractivity contribution >= 4 is 24.0 Å². The van der Waals surface area contributed by atoms with Gasteiger partial charge in [-0.2, -0.15) is 0 Å². The van der Waals surface area contributed by atoms with Gasteiger partial charge >= 0.3 is 12.2 Å². The lowest BCUT2D eigenvalue weighted by Gasteiger charge is -2.27. The number of carbonyl (C=O) groups is 4. The number of likely N-dealkylation sites (tertiary alicyclic amines) is 2. The first-order valence-electron chi connectivity index (χ1n) is 19.5. The van der Waals surface area contributed by atoms with Crippen LogP contribution in [0.15, 0.2) is 85.2 Å². The van der Waals surface area contributed by atoms with E-state index in [1.54, 1.807) is 82.9 Å². The van der Waals surface area contributed by atoms with Gasteiger partial charge in [0.25, 0.3) is 11.8 Å². The first-order chi connectivity index (χ1) is 29.1. The number of benzene rings is 2. The van der Waals surface area contributed by atoms with Gasteiger partial charge in [0, 0.05) is 24.2 Å². The van der Waals surface area contributed by atoms with Crippen LogP contribution in [-0.4, -0.2) is 87.2 Å². The molecule has 6 N–H and O–H groups in total. The molecule has 0 radical (unpaired) electrons. The normalized spacial score (nSPS) is 17.3. The van der Waals surface area contributed by atoms with E-state index in [0.29, 0.717) is 82.9 Å². The van der Waals surface area contributed by atoms with E-state index in [1.807, 2.05) is 26.0 Å². The average molecular weight is 811 g/mol. The molecule has 4 amide bonds. The maximum Gasteiger partial charge on any atom is 0.405 e. The zero-order valence-electron chi connectivity index (χ0n) is 32.8. The molecule has 18 heteroatoms. The summed E-state index contributed by atoms with van der Waals surface area (Å²) >= 11 is 0. The summed E-state index contributed by atoms with van der Waals surface area (Å²) in [4.78, 5) is 70.2. The third-order valence-corrected chi connectivity index (χ3v) is 11.0. The maximum absolute atomic E-state index is 13.8. The Hall–Kier alpha value is -7.50. The number of nitrogens with one attached hydrogen (secondary N) is 2. The van der Waals surface area contributed by atoms with Crippen LogP contribution in [0.5, 0.6) is 0 Å². The number of aromatic nitrogens is 8. The molecule has 6 aromatic rings. The first kappa shape index (κ1) is 39.3. The number of aromatic amines is 2. The molecule has 0 spiro atoms. The Labute approximate surface area is 343 Å². The van der Waals surface area contributed by atoms with Gasteiger partial charge in [0.2, 0.25) is 12.2 Å². The lowest BCUT2D eigenvalue weighted by molar-refractivity contribution is -0.142. The fraction of sp³-hybridized carbons (Fsp3) is 0.286. The number of nitrogens with zero attached hydrogens (tertiary/aromatic N) is 8. The number of ether oxygens (including phenoxy) is 2. The molecule has 8 rings (SSSR count). The molecule has 4 atom stereocenters. The molecular weight excluding hydrogens is 769 g/mol. The number of H-pyrrole nitrogens is 2. The SMILES string of the molecule is Cc1c(-c2ccc(-c3cnc(C4CCCN4C(=O)[C@H](OC(N)=O)c4ccccc4)[nH]3)nn2)nnc(-c2cnc(C3CCCN3C(=O)[C@H](OC(N)=O)c3ccccc3)[nH]2)c1C. The maximum atomic E-state index is 13.8. The van der Waals surface area contributed by atoms with Crippen molar-refractivity contribution in [1.82, 2.24) is 50.1 Å². The van der Waals surface area contributed by atoms with Gasteiger partial charge in [0.1, 0.15) is 34.4 Å². The molecule has 4 aromatic heterocycles. The lowest BCUT2D eigenvalue weighted by atomic mass is 10.0. The Bertz CT molecular complexity index is 2530. The van der Waals surface area contributed by atoms with Gasteiger partial charge in [-0.05, 0) is 62.8 Å². The molecule has 6 heterocycles. The summed E-state index contributed by atoms with van der Waals surface area (Å²) in [5.74, 6) is 0.390. The Morgan fingerprint density at radius 1 is 0.617 bits per heavy atom. The van der Waals surface area contributed by atoms with Gasteiger partial charge in [0.15, 0.2) is 0 Å². The van der Waals surface area contributed by atoms with Crippen LogP contribution in [0.4, 0.5) is 9.59 Å². The summed E-state index contributed by atoms with van der Waals surface area (Å²) in [7, 11) is 0. The zero-order chi connectivity index (χ0) is 41.9. The number of hydrogen-bond acceptors (Lipinski definition) is 12. The van der Waals surface area contributed by atoms with E-state index in [1.165, 1.54) is 0 Å². The van der Waals surface area contributed by atoms with Crippen LogP contribution in [0, 0.1) is 13.8 Å². The number of amides is 4. The quantitative estimate of drug-likeness (QED) is 0.130. The summed E-state index contributed by atoms with van der Waals surface area (Å²) in [6.45, 7) is 4.80. The van der Waals surface area contributed by atoms with Crippen LogP contribution in [0.3, 0.4) is 0 Å². The second-order valence-corrected chi connectivity index (χ2v) is 14.6. The summed E-state index contributed by atoms with van der Waals surface area (Å²) in [5.41, 5.74) is 16.9. The molecule has 2 aliphatic heterocycles. The second-order valence-electron chi connectivity index (χ2n) is 14.6. The standard InChI is InChI=1S/C42H42N12O6/c1-23-24(2)34(30-22-46-38(48-30)32-16-10-20-54(32)40(56)36(60-42(44)58)26-13-7-4-8-14-26)52-51-33(23)28-18-17-27(49-50-28)29-21-45-37(47-29)31-15-9-19-53(31)39(55)35(59-41(43)57)25-11-5-3-6-12-25/h3-8,11-14,17-18,21-22,31-32,35-36H,9-10,15-16,19-20H2,1-2H3,(H2,43,57)(H2,44,58)(H,45,47)(H,46,48)/t31?,32?,35-,36-/m1/s1. The second kappa shape index (κ2) is 16.8.